The Balaban J connectivity index is 4.51. The van der Waals surface area contributed by atoms with E-state index in [0.717, 1.165) is 0 Å². The quantitative estimate of drug-likeness (QED) is 0.442. The third kappa shape index (κ3) is 4.82. The Hall–Kier alpha value is -0.320. The minimum absolute atomic E-state index is 0.327. The minimum atomic E-state index is -2.62. The number of hydrogen-bond donors (Lipinski definition) is 2. The van der Waals surface area contributed by atoms with E-state index in [9.17, 15) is 15.0 Å². The number of halogens is 1. The number of ether oxygens (including phenoxy) is 1. The molecule has 1 atom stereocenters. The second kappa shape index (κ2) is 5.14. The molecule has 0 rings (SSSR count). The van der Waals surface area contributed by atoms with Crippen LogP contribution < -0.4 is 0 Å². The molecule has 2 N–H and O–H groups in total. The fraction of sp³-hybridized carbons (Fsp3) is 0.900. The van der Waals surface area contributed by atoms with Gasteiger partial charge in [0.05, 0.1) is 5.38 Å². The molecule has 0 bridgehead atoms. The number of carbonyl (C=O) groups is 1. The van der Waals surface area contributed by atoms with Crippen molar-refractivity contribution in [3.05, 3.63) is 0 Å². The third-order valence-electron chi connectivity index (χ3n) is 1.68. The van der Waals surface area contributed by atoms with Gasteiger partial charge in [0.15, 0.2) is 0 Å². The Labute approximate surface area is 95.2 Å². The molecule has 0 aliphatic heterocycles. The first-order valence-electron chi connectivity index (χ1n) is 4.93. The maximum Gasteiger partial charge on any atom is 0.368 e. The van der Waals surface area contributed by atoms with Crippen molar-refractivity contribution in [2.24, 2.45) is 0 Å². The lowest BCUT2D eigenvalue weighted by Gasteiger charge is -2.28. The summed E-state index contributed by atoms with van der Waals surface area (Å²) in [6.45, 7) is 6.76. The molecule has 15 heavy (non-hydrogen) atoms. The molecule has 0 aliphatic rings. The van der Waals surface area contributed by atoms with Crippen LogP contribution in [0.1, 0.15) is 40.5 Å². The van der Waals surface area contributed by atoms with Crippen LogP contribution in [0, 0.1) is 0 Å². The molecule has 0 aromatic carbocycles. The van der Waals surface area contributed by atoms with Crippen molar-refractivity contribution in [2.75, 3.05) is 0 Å². The Morgan fingerprint density at radius 1 is 1.40 bits per heavy atom. The van der Waals surface area contributed by atoms with Crippen LogP contribution in [0.4, 0.5) is 0 Å². The third-order valence-corrected chi connectivity index (χ3v) is 2.20. The number of rotatable bonds is 4. The van der Waals surface area contributed by atoms with Gasteiger partial charge in [-0.3, -0.25) is 0 Å². The Morgan fingerprint density at radius 2 is 1.87 bits per heavy atom. The van der Waals surface area contributed by atoms with Gasteiger partial charge >= 0.3 is 5.97 Å². The molecule has 0 aromatic heterocycles. The summed E-state index contributed by atoms with van der Waals surface area (Å²) >= 11 is 5.70. The van der Waals surface area contributed by atoms with E-state index in [1.165, 1.54) is 0 Å². The summed E-state index contributed by atoms with van der Waals surface area (Å²) in [5.41, 5.74) is -0.767. The van der Waals surface area contributed by atoms with Gasteiger partial charge in [-0.25, -0.2) is 4.79 Å². The smallest absolute Gasteiger partial charge is 0.368 e. The van der Waals surface area contributed by atoms with E-state index in [4.69, 9.17) is 16.3 Å². The molecule has 4 nitrogen and oxygen atoms in total. The maximum atomic E-state index is 11.4. The van der Waals surface area contributed by atoms with Crippen LogP contribution >= 0.6 is 11.6 Å². The summed E-state index contributed by atoms with van der Waals surface area (Å²) in [5, 5.41) is 17.9. The molecule has 0 fully saturated rings. The molecule has 0 amide bonds. The Morgan fingerprint density at radius 3 is 2.20 bits per heavy atom. The highest BCUT2D eigenvalue weighted by atomic mass is 35.5. The molecule has 90 valence electrons. The molecular formula is C10H19ClO4. The van der Waals surface area contributed by atoms with Crippen molar-refractivity contribution in [2.45, 2.75) is 57.3 Å². The summed E-state index contributed by atoms with van der Waals surface area (Å²) in [4.78, 5) is 11.4. The maximum absolute atomic E-state index is 11.4. The van der Waals surface area contributed by atoms with E-state index in [-0.39, 0.29) is 0 Å². The summed E-state index contributed by atoms with van der Waals surface area (Å²) in [5.74, 6) is -3.73. The predicted molar refractivity (Wildman–Crippen MR) is 57.6 cm³/mol. The van der Waals surface area contributed by atoms with Gasteiger partial charge in [0.1, 0.15) is 5.60 Å². The van der Waals surface area contributed by atoms with Crippen molar-refractivity contribution >= 4 is 17.6 Å². The molecule has 0 radical (unpaired) electrons. The Kier molecular flexibility index (Phi) is 5.03. The van der Waals surface area contributed by atoms with Gasteiger partial charge in [-0.2, -0.15) is 0 Å². The number of hydrogen-bond acceptors (Lipinski definition) is 4. The van der Waals surface area contributed by atoms with Crippen LogP contribution in [0.2, 0.25) is 0 Å². The number of aliphatic hydroxyl groups is 2. The van der Waals surface area contributed by atoms with Crippen molar-refractivity contribution in [1.29, 1.82) is 0 Å². The molecule has 0 aromatic rings. The standard InChI is InChI=1S/C10H19ClO4/c1-5-6-7(11)10(13,14)8(12)15-9(2,3)4/h7,13-14H,5-6H2,1-4H3/t7-/m0/s1. The molecule has 0 heterocycles. The normalized spacial score (nSPS) is 14.9. The zero-order valence-corrected chi connectivity index (χ0v) is 10.3. The van der Waals surface area contributed by atoms with Crippen molar-refractivity contribution in [3.8, 4) is 0 Å². The van der Waals surface area contributed by atoms with Crippen LogP contribution in [0.3, 0.4) is 0 Å². The van der Waals surface area contributed by atoms with Gasteiger partial charge < -0.3 is 14.9 Å². The second-order valence-corrected chi connectivity index (χ2v) is 5.01. The predicted octanol–water partition coefficient (Wildman–Crippen LogP) is 1.42. The van der Waals surface area contributed by atoms with E-state index in [1.807, 2.05) is 6.92 Å². The fourth-order valence-electron chi connectivity index (χ4n) is 0.936. The SMILES string of the molecule is CCC[C@H](Cl)C(O)(O)C(=O)OC(C)(C)C. The molecule has 0 saturated heterocycles. The lowest BCUT2D eigenvalue weighted by atomic mass is 10.1. The summed E-state index contributed by atoms with van der Waals surface area (Å²) in [7, 11) is 0. The van der Waals surface area contributed by atoms with E-state index in [1.54, 1.807) is 20.8 Å². The minimum Gasteiger partial charge on any atom is -0.456 e. The lowest BCUT2D eigenvalue weighted by Crippen LogP contribution is -2.50. The fourth-order valence-corrected chi connectivity index (χ4v) is 1.24. The zero-order valence-electron chi connectivity index (χ0n) is 9.58. The largest absolute Gasteiger partial charge is 0.456 e. The van der Waals surface area contributed by atoms with Crippen molar-refractivity contribution in [3.63, 3.8) is 0 Å². The topological polar surface area (TPSA) is 66.8 Å². The second-order valence-electron chi connectivity index (χ2n) is 4.48. The van der Waals surface area contributed by atoms with Gasteiger partial charge in [-0.05, 0) is 27.2 Å². The first-order valence-corrected chi connectivity index (χ1v) is 5.37. The average Bonchev–Trinajstić information content (AvgIpc) is 2.01. The van der Waals surface area contributed by atoms with E-state index in [0.29, 0.717) is 12.8 Å². The van der Waals surface area contributed by atoms with Gasteiger partial charge in [0, 0.05) is 0 Å². The summed E-state index contributed by atoms with van der Waals surface area (Å²) < 4.78 is 4.85. The van der Waals surface area contributed by atoms with Crippen LogP contribution in [0.15, 0.2) is 0 Å². The molecule has 0 saturated carbocycles. The highest BCUT2D eigenvalue weighted by Gasteiger charge is 2.44. The molecule has 0 aliphatic carbocycles. The van der Waals surface area contributed by atoms with Crippen molar-refractivity contribution < 1.29 is 19.7 Å². The summed E-state index contributed by atoms with van der Waals surface area (Å²) in [6.07, 6.45) is 0.980. The Bertz CT molecular complexity index is 220. The van der Waals surface area contributed by atoms with Gasteiger partial charge in [0.2, 0.25) is 0 Å². The summed E-state index contributed by atoms with van der Waals surface area (Å²) in [6, 6.07) is 0. The lowest BCUT2D eigenvalue weighted by molar-refractivity contribution is -0.219. The van der Waals surface area contributed by atoms with Crippen LogP contribution in [0.25, 0.3) is 0 Å². The van der Waals surface area contributed by atoms with Crippen LogP contribution in [-0.2, 0) is 9.53 Å². The van der Waals surface area contributed by atoms with Gasteiger partial charge in [-0.15, -0.1) is 11.6 Å². The van der Waals surface area contributed by atoms with Crippen LogP contribution in [0.5, 0.6) is 0 Å². The highest BCUT2D eigenvalue weighted by Crippen LogP contribution is 2.22. The van der Waals surface area contributed by atoms with Crippen LogP contribution in [-0.4, -0.2) is 32.9 Å². The molecule has 0 unspecified atom stereocenters. The highest BCUT2D eigenvalue weighted by molar-refractivity contribution is 6.22. The van der Waals surface area contributed by atoms with Gasteiger partial charge in [-0.1, -0.05) is 13.3 Å². The van der Waals surface area contributed by atoms with E-state index < -0.39 is 22.7 Å². The number of alkyl halides is 1. The van der Waals surface area contributed by atoms with E-state index >= 15 is 0 Å². The number of carbonyl (C=O) groups excluding carboxylic acids is 1. The van der Waals surface area contributed by atoms with Gasteiger partial charge in [0.25, 0.3) is 5.79 Å². The average molecular weight is 239 g/mol. The first kappa shape index (κ1) is 14.7. The number of esters is 1. The molecular weight excluding hydrogens is 220 g/mol. The molecule has 0 spiro atoms. The van der Waals surface area contributed by atoms with Crippen molar-refractivity contribution in [1.82, 2.24) is 0 Å². The monoisotopic (exact) mass is 238 g/mol. The van der Waals surface area contributed by atoms with E-state index in [2.05, 4.69) is 0 Å². The zero-order chi connectivity index (χ0) is 12.3. The first-order chi connectivity index (χ1) is 6.61. The molecule has 5 heteroatoms.